The van der Waals surface area contributed by atoms with Crippen LogP contribution in [0.5, 0.6) is 5.75 Å². The van der Waals surface area contributed by atoms with Crippen molar-refractivity contribution in [2.24, 2.45) is 0 Å². The Morgan fingerprint density at radius 3 is 2.38 bits per heavy atom. The van der Waals surface area contributed by atoms with Crippen LogP contribution in [0.4, 0.5) is 5.69 Å². The van der Waals surface area contributed by atoms with Gasteiger partial charge in [0.05, 0.1) is 21.4 Å². The van der Waals surface area contributed by atoms with Crippen molar-refractivity contribution in [3.8, 4) is 5.75 Å². The Balaban J connectivity index is 2.30. The van der Waals surface area contributed by atoms with Gasteiger partial charge in [-0.25, -0.2) is 8.42 Å². The number of nitrogens with zero attached hydrogens (tertiary/aromatic N) is 2. The number of ether oxygens (including phenoxy) is 1. The highest BCUT2D eigenvalue weighted by molar-refractivity contribution is 7.89. The Labute approximate surface area is 157 Å². The summed E-state index contributed by atoms with van der Waals surface area (Å²) >= 11 is 5.98. The van der Waals surface area contributed by atoms with E-state index in [0.29, 0.717) is 12.4 Å². The van der Waals surface area contributed by atoms with E-state index in [1.807, 2.05) is 6.92 Å². The zero-order chi connectivity index (χ0) is 19.5. The lowest BCUT2D eigenvalue weighted by Gasteiger charge is -2.18. The van der Waals surface area contributed by atoms with Gasteiger partial charge in [0.1, 0.15) is 5.75 Å². The first-order valence-corrected chi connectivity index (χ1v) is 9.61. The Bertz CT molecular complexity index is 913. The second-order valence-corrected chi connectivity index (χ2v) is 8.10. The molecule has 7 nitrogen and oxygen atoms in total. The fourth-order valence-electron chi connectivity index (χ4n) is 2.36. The van der Waals surface area contributed by atoms with Crippen molar-refractivity contribution in [2.45, 2.75) is 25.3 Å². The second kappa shape index (κ2) is 8.03. The summed E-state index contributed by atoms with van der Waals surface area (Å²) < 4.78 is 32.0. The van der Waals surface area contributed by atoms with Crippen molar-refractivity contribution >= 4 is 27.3 Å². The molecule has 0 amide bonds. The predicted octanol–water partition coefficient (Wildman–Crippen LogP) is 3.78. The van der Waals surface area contributed by atoms with Crippen LogP contribution in [0, 0.1) is 17.0 Å². The number of nitro groups is 1. The maximum atomic E-state index is 12.8. The van der Waals surface area contributed by atoms with Gasteiger partial charge < -0.3 is 4.74 Å². The molecule has 0 unspecified atom stereocenters. The Morgan fingerprint density at radius 2 is 1.85 bits per heavy atom. The summed E-state index contributed by atoms with van der Waals surface area (Å²) in [6, 6.07) is 9.31. The van der Waals surface area contributed by atoms with E-state index in [1.165, 1.54) is 20.0 Å². The number of hydrogen-bond acceptors (Lipinski definition) is 5. The molecule has 0 heterocycles. The van der Waals surface area contributed by atoms with Crippen LogP contribution >= 0.6 is 11.6 Å². The average Bonchev–Trinajstić information content (AvgIpc) is 2.58. The van der Waals surface area contributed by atoms with Crippen LogP contribution < -0.4 is 4.74 Å². The zero-order valence-corrected chi connectivity index (χ0v) is 16.2. The number of hydrogen-bond donors (Lipinski definition) is 0. The molecule has 0 N–H and O–H groups in total. The van der Waals surface area contributed by atoms with Crippen molar-refractivity contribution in [1.29, 1.82) is 0 Å². The van der Waals surface area contributed by atoms with E-state index in [1.54, 1.807) is 24.3 Å². The van der Waals surface area contributed by atoms with Crippen molar-refractivity contribution in [3.63, 3.8) is 0 Å². The number of rotatable bonds is 7. The molecule has 0 aliphatic carbocycles. The molecule has 0 saturated heterocycles. The predicted molar refractivity (Wildman–Crippen MR) is 99.1 cm³/mol. The molecule has 0 aromatic heterocycles. The molecule has 140 valence electrons. The molecule has 26 heavy (non-hydrogen) atoms. The minimum atomic E-state index is -3.94. The maximum Gasteiger partial charge on any atom is 0.275 e. The molecule has 0 saturated carbocycles. The van der Waals surface area contributed by atoms with Crippen molar-refractivity contribution in [3.05, 3.63) is 62.7 Å². The molecular weight excluding hydrogens is 380 g/mol. The molecule has 0 bridgehead atoms. The van der Waals surface area contributed by atoms with E-state index >= 15 is 0 Å². The van der Waals surface area contributed by atoms with E-state index in [4.69, 9.17) is 16.3 Å². The summed E-state index contributed by atoms with van der Waals surface area (Å²) in [5.41, 5.74) is 0.655. The summed E-state index contributed by atoms with van der Waals surface area (Å²) in [6.45, 7) is 4.00. The average molecular weight is 399 g/mol. The van der Waals surface area contributed by atoms with Gasteiger partial charge in [-0.15, -0.1) is 0 Å². The largest absolute Gasteiger partial charge is 0.494 e. The van der Waals surface area contributed by atoms with Crippen LogP contribution in [0.25, 0.3) is 0 Å². The Hall–Kier alpha value is -2.16. The van der Waals surface area contributed by atoms with Crippen molar-refractivity contribution in [2.75, 3.05) is 13.7 Å². The Kier molecular flexibility index (Phi) is 6.22. The van der Waals surface area contributed by atoms with E-state index in [0.717, 1.165) is 15.9 Å². The third-order valence-corrected chi connectivity index (χ3v) is 6.01. The highest BCUT2D eigenvalue weighted by Gasteiger charge is 2.26. The van der Waals surface area contributed by atoms with E-state index in [9.17, 15) is 18.5 Å². The number of benzene rings is 2. The van der Waals surface area contributed by atoms with Crippen LogP contribution in [0.1, 0.15) is 18.1 Å². The standard InChI is InChI=1S/C17H19ClN2O5S/c1-4-25-14-7-5-13(6-8-14)11-19(3)26(23,24)15-9-16(18)12(2)17(10-15)20(21)22/h5-10H,4,11H2,1-3H3. The topological polar surface area (TPSA) is 89.8 Å². The van der Waals surface area contributed by atoms with Gasteiger partial charge >= 0.3 is 0 Å². The first kappa shape index (κ1) is 20.2. The lowest BCUT2D eigenvalue weighted by atomic mass is 10.2. The number of halogens is 1. The molecule has 0 spiro atoms. The van der Waals surface area contributed by atoms with Gasteiger partial charge in [-0.2, -0.15) is 4.31 Å². The molecule has 2 rings (SSSR count). The minimum Gasteiger partial charge on any atom is -0.494 e. The first-order chi connectivity index (χ1) is 12.2. The smallest absolute Gasteiger partial charge is 0.275 e. The van der Waals surface area contributed by atoms with Crippen LogP contribution in [0.15, 0.2) is 41.3 Å². The molecule has 0 atom stereocenters. The van der Waals surface area contributed by atoms with E-state index in [-0.39, 0.29) is 27.7 Å². The molecule has 0 radical (unpaired) electrons. The maximum absolute atomic E-state index is 12.8. The van der Waals surface area contributed by atoms with Gasteiger partial charge in [-0.1, -0.05) is 23.7 Å². The summed E-state index contributed by atoms with van der Waals surface area (Å²) in [5, 5.41) is 11.2. The summed E-state index contributed by atoms with van der Waals surface area (Å²) in [5.74, 6) is 0.697. The van der Waals surface area contributed by atoms with E-state index in [2.05, 4.69) is 0 Å². The number of nitro benzene ring substituents is 1. The summed E-state index contributed by atoms with van der Waals surface area (Å²) in [6.07, 6.45) is 0. The van der Waals surface area contributed by atoms with Gasteiger partial charge in [0.25, 0.3) is 5.69 Å². The van der Waals surface area contributed by atoms with Gasteiger partial charge in [0.2, 0.25) is 10.0 Å². The second-order valence-electron chi connectivity index (χ2n) is 5.64. The highest BCUT2D eigenvalue weighted by Crippen LogP contribution is 2.31. The molecule has 2 aromatic rings. The monoisotopic (exact) mass is 398 g/mol. The van der Waals surface area contributed by atoms with Gasteiger partial charge in [0.15, 0.2) is 0 Å². The third-order valence-electron chi connectivity index (χ3n) is 3.83. The SMILES string of the molecule is CCOc1ccc(CN(C)S(=O)(=O)c2cc(Cl)c(C)c([N+](=O)[O-])c2)cc1. The minimum absolute atomic E-state index is 0.0345. The molecular formula is C17H19ClN2O5S. The van der Waals surface area contributed by atoms with Crippen LogP contribution in [-0.4, -0.2) is 31.3 Å². The lowest BCUT2D eigenvalue weighted by Crippen LogP contribution is -2.26. The molecule has 0 fully saturated rings. The Morgan fingerprint density at radius 1 is 1.23 bits per heavy atom. The molecule has 2 aromatic carbocycles. The fourth-order valence-corrected chi connectivity index (χ4v) is 3.84. The van der Waals surface area contributed by atoms with Crippen molar-refractivity contribution < 1.29 is 18.1 Å². The molecule has 9 heteroatoms. The van der Waals surface area contributed by atoms with Gasteiger partial charge in [-0.3, -0.25) is 10.1 Å². The zero-order valence-electron chi connectivity index (χ0n) is 14.6. The normalized spacial score (nSPS) is 11.6. The quantitative estimate of drug-likeness (QED) is 0.523. The van der Waals surface area contributed by atoms with Crippen LogP contribution in [0.3, 0.4) is 0 Å². The van der Waals surface area contributed by atoms with Crippen molar-refractivity contribution in [1.82, 2.24) is 4.31 Å². The number of sulfonamides is 1. The van der Waals surface area contributed by atoms with E-state index < -0.39 is 14.9 Å². The lowest BCUT2D eigenvalue weighted by molar-refractivity contribution is -0.385. The molecule has 0 aliphatic heterocycles. The highest BCUT2D eigenvalue weighted by atomic mass is 35.5. The molecule has 0 aliphatic rings. The third kappa shape index (κ3) is 4.32. The van der Waals surface area contributed by atoms with Crippen LogP contribution in [-0.2, 0) is 16.6 Å². The van der Waals surface area contributed by atoms with Gasteiger partial charge in [-0.05, 0) is 37.6 Å². The fraction of sp³-hybridized carbons (Fsp3) is 0.294. The first-order valence-electron chi connectivity index (χ1n) is 7.79. The van der Waals surface area contributed by atoms with Gasteiger partial charge in [0, 0.05) is 25.2 Å². The van der Waals surface area contributed by atoms with Crippen LogP contribution in [0.2, 0.25) is 5.02 Å². The summed E-state index contributed by atoms with van der Waals surface area (Å²) in [4.78, 5) is 10.3. The summed E-state index contributed by atoms with van der Waals surface area (Å²) in [7, 11) is -2.53.